The summed E-state index contributed by atoms with van der Waals surface area (Å²) in [7, 11) is 0. The van der Waals surface area contributed by atoms with Crippen LogP contribution in [0, 0.1) is 0 Å². The van der Waals surface area contributed by atoms with Crippen molar-refractivity contribution >= 4 is 29.1 Å². The molecule has 2 N–H and O–H groups in total. The molecular weight excluding hydrogens is 410 g/mol. The van der Waals surface area contributed by atoms with E-state index in [2.05, 4.69) is 27.5 Å². The van der Waals surface area contributed by atoms with Crippen LogP contribution in [0.2, 0.25) is 0 Å². The van der Waals surface area contributed by atoms with Crippen molar-refractivity contribution in [3.05, 3.63) is 88.3 Å². The Morgan fingerprint density at radius 2 is 2.03 bits per heavy atom. The average Bonchev–Trinajstić information content (AvgIpc) is 3.46. The quantitative estimate of drug-likeness (QED) is 0.472. The molecule has 0 atom stereocenters. The molecule has 1 aliphatic heterocycles. The molecule has 0 saturated carbocycles. The van der Waals surface area contributed by atoms with Gasteiger partial charge in [0.25, 0.3) is 5.91 Å². The van der Waals surface area contributed by atoms with Gasteiger partial charge in [0.15, 0.2) is 6.61 Å². The predicted octanol–water partition coefficient (Wildman–Crippen LogP) is 3.86. The first-order chi connectivity index (χ1) is 15.3. The SMILES string of the molecule is O=C1COc2ccc(-c3csc(=NCc4ccccc4)n3N=Cc3ccc[nH]3)cc2N1. The third kappa shape index (κ3) is 4.19. The number of hydrogen-bond donors (Lipinski definition) is 2. The average molecular weight is 430 g/mol. The summed E-state index contributed by atoms with van der Waals surface area (Å²) in [6, 6.07) is 19.7. The van der Waals surface area contributed by atoms with Crippen LogP contribution in [0.3, 0.4) is 0 Å². The van der Waals surface area contributed by atoms with Crippen LogP contribution >= 0.6 is 11.3 Å². The normalized spacial score (nSPS) is 13.8. The number of anilines is 1. The zero-order valence-electron chi connectivity index (χ0n) is 16.5. The highest BCUT2D eigenvalue weighted by Crippen LogP contribution is 2.32. The van der Waals surface area contributed by atoms with Crippen molar-refractivity contribution in [2.75, 3.05) is 11.9 Å². The van der Waals surface area contributed by atoms with Crippen LogP contribution < -0.4 is 14.9 Å². The minimum absolute atomic E-state index is 0.0355. The van der Waals surface area contributed by atoms with Crippen molar-refractivity contribution in [2.45, 2.75) is 6.54 Å². The van der Waals surface area contributed by atoms with Crippen molar-refractivity contribution in [3.8, 4) is 17.0 Å². The van der Waals surface area contributed by atoms with Crippen molar-refractivity contribution in [1.82, 2.24) is 9.66 Å². The molecule has 0 saturated heterocycles. The Hall–Kier alpha value is -3.91. The number of fused-ring (bicyclic) bond motifs is 1. The van der Waals surface area contributed by atoms with Gasteiger partial charge in [-0.05, 0) is 35.9 Å². The van der Waals surface area contributed by atoms with E-state index in [0.29, 0.717) is 18.0 Å². The van der Waals surface area contributed by atoms with Gasteiger partial charge in [-0.25, -0.2) is 4.68 Å². The number of nitrogens with zero attached hydrogens (tertiary/aromatic N) is 3. The number of amides is 1. The monoisotopic (exact) mass is 429 g/mol. The van der Waals surface area contributed by atoms with Gasteiger partial charge in [0.2, 0.25) is 4.80 Å². The summed E-state index contributed by atoms with van der Waals surface area (Å²) in [5.74, 6) is 0.500. The zero-order chi connectivity index (χ0) is 21.0. The van der Waals surface area contributed by atoms with Crippen LogP contribution in [0.5, 0.6) is 5.75 Å². The van der Waals surface area contributed by atoms with E-state index in [4.69, 9.17) is 9.73 Å². The second-order valence-electron chi connectivity index (χ2n) is 6.93. The molecule has 154 valence electrons. The topological polar surface area (TPSA) is 83.8 Å². The van der Waals surface area contributed by atoms with Crippen LogP contribution in [0.25, 0.3) is 11.3 Å². The maximum absolute atomic E-state index is 11.7. The molecule has 0 bridgehead atoms. The molecule has 0 aliphatic carbocycles. The van der Waals surface area contributed by atoms with Gasteiger partial charge in [-0.15, -0.1) is 11.3 Å². The third-order valence-electron chi connectivity index (χ3n) is 4.77. The highest BCUT2D eigenvalue weighted by atomic mass is 32.1. The Morgan fingerprint density at radius 1 is 1.13 bits per heavy atom. The molecule has 1 aliphatic rings. The van der Waals surface area contributed by atoms with E-state index < -0.39 is 0 Å². The van der Waals surface area contributed by atoms with Crippen LogP contribution in [0.4, 0.5) is 5.69 Å². The van der Waals surface area contributed by atoms with Crippen LogP contribution in [-0.4, -0.2) is 28.4 Å². The highest BCUT2D eigenvalue weighted by Gasteiger charge is 2.17. The van der Waals surface area contributed by atoms with E-state index >= 15 is 0 Å². The lowest BCUT2D eigenvalue weighted by molar-refractivity contribution is -0.118. The first kappa shape index (κ1) is 19.1. The standard InChI is InChI=1S/C23H19N5O2S/c29-22-14-30-21-9-8-17(11-19(21)27-22)20-15-31-23(25-12-16-5-2-1-3-6-16)28(20)26-13-18-7-4-10-24-18/h1-11,13,15,24H,12,14H2,(H,27,29). The van der Waals surface area contributed by atoms with Gasteiger partial charge in [-0.2, -0.15) is 5.10 Å². The van der Waals surface area contributed by atoms with Gasteiger partial charge in [-0.1, -0.05) is 30.3 Å². The lowest BCUT2D eigenvalue weighted by atomic mass is 10.1. The van der Waals surface area contributed by atoms with E-state index in [1.807, 2.05) is 64.8 Å². The Labute approximate surface area is 182 Å². The number of hydrogen-bond acceptors (Lipinski definition) is 5. The van der Waals surface area contributed by atoms with Gasteiger partial charge < -0.3 is 15.0 Å². The molecule has 0 spiro atoms. The molecule has 7 nitrogen and oxygen atoms in total. The lowest BCUT2D eigenvalue weighted by Crippen LogP contribution is -2.25. The van der Waals surface area contributed by atoms with E-state index in [-0.39, 0.29) is 12.5 Å². The Balaban J connectivity index is 1.56. The molecule has 5 rings (SSSR count). The number of thiazole rings is 1. The number of ether oxygens (including phenoxy) is 1. The summed E-state index contributed by atoms with van der Waals surface area (Å²) < 4.78 is 7.30. The smallest absolute Gasteiger partial charge is 0.262 e. The first-order valence-corrected chi connectivity index (χ1v) is 10.6. The van der Waals surface area contributed by atoms with Gasteiger partial charge in [0.05, 0.1) is 29.8 Å². The number of aromatic nitrogens is 2. The summed E-state index contributed by atoms with van der Waals surface area (Å²) in [4.78, 5) is 20.4. The number of carbonyl (C=O) groups is 1. The van der Waals surface area contributed by atoms with Crippen molar-refractivity contribution in [1.29, 1.82) is 0 Å². The van der Waals surface area contributed by atoms with Gasteiger partial charge in [0.1, 0.15) is 5.75 Å². The maximum atomic E-state index is 11.7. The largest absolute Gasteiger partial charge is 0.482 e. The van der Waals surface area contributed by atoms with Crippen LogP contribution in [-0.2, 0) is 11.3 Å². The number of benzene rings is 2. The molecule has 3 heterocycles. The summed E-state index contributed by atoms with van der Waals surface area (Å²) in [6.07, 6.45) is 3.62. The molecule has 8 heteroatoms. The summed E-state index contributed by atoms with van der Waals surface area (Å²) >= 11 is 1.52. The Bertz CT molecular complexity index is 1300. The second-order valence-corrected chi connectivity index (χ2v) is 7.77. The summed E-state index contributed by atoms with van der Waals surface area (Å²) in [5, 5.41) is 9.56. The zero-order valence-corrected chi connectivity index (χ0v) is 17.3. The third-order valence-corrected chi connectivity index (χ3v) is 5.62. The number of rotatable bonds is 5. The fraction of sp³-hybridized carbons (Fsp3) is 0.0870. The molecule has 4 aromatic rings. The van der Waals surface area contributed by atoms with E-state index in [0.717, 1.165) is 27.3 Å². The summed E-state index contributed by atoms with van der Waals surface area (Å²) in [6.45, 7) is 0.598. The Morgan fingerprint density at radius 3 is 2.87 bits per heavy atom. The van der Waals surface area contributed by atoms with Crippen molar-refractivity contribution in [3.63, 3.8) is 0 Å². The van der Waals surface area contributed by atoms with E-state index in [9.17, 15) is 4.79 Å². The first-order valence-electron chi connectivity index (χ1n) is 9.76. The van der Waals surface area contributed by atoms with E-state index in [1.165, 1.54) is 11.3 Å². The molecule has 0 unspecified atom stereocenters. The Kier molecular flexibility index (Phi) is 5.20. The highest BCUT2D eigenvalue weighted by molar-refractivity contribution is 7.07. The predicted molar refractivity (Wildman–Crippen MR) is 121 cm³/mol. The lowest BCUT2D eigenvalue weighted by Gasteiger charge is -2.18. The minimum Gasteiger partial charge on any atom is -0.482 e. The molecule has 0 radical (unpaired) electrons. The molecule has 31 heavy (non-hydrogen) atoms. The number of H-pyrrole nitrogens is 1. The van der Waals surface area contributed by atoms with Crippen molar-refractivity contribution in [2.24, 2.45) is 10.1 Å². The molecule has 2 aromatic heterocycles. The van der Waals surface area contributed by atoms with E-state index in [1.54, 1.807) is 6.21 Å². The van der Waals surface area contributed by atoms with Gasteiger partial charge >= 0.3 is 0 Å². The molecular formula is C23H19N5O2S. The summed E-state index contributed by atoms with van der Waals surface area (Å²) in [5.41, 5.74) is 4.46. The van der Waals surface area contributed by atoms with Gasteiger partial charge in [0, 0.05) is 17.1 Å². The number of nitrogens with one attached hydrogen (secondary N) is 2. The number of carbonyl (C=O) groups excluding carboxylic acids is 1. The fourth-order valence-corrected chi connectivity index (χ4v) is 4.08. The maximum Gasteiger partial charge on any atom is 0.262 e. The van der Waals surface area contributed by atoms with Crippen molar-refractivity contribution < 1.29 is 9.53 Å². The number of aromatic amines is 1. The van der Waals surface area contributed by atoms with Crippen LogP contribution in [0.15, 0.2) is 82.3 Å². The second kappa shape index (κ2) is 8.45. The fourth-order valence-electron chi connectivity index (χ4n) is 3.25. The van der Waals surface area contributed by atoms with Gasteiger partial charge in [-0.3, -0.25) is 9.79 Å². The molecule has 0 fully saturated rings. The minimum atomic E-state index is -0.161. The van der Waals surface area contributed by atoms with Crippen LogP contribution in [0.1, 0.15) is 11.3 Å². The molecule has 1 amide bonds. The molecule has 2 aromatic carbocycles.